The van der Waals surface area contributed by atoms with Crippen molar-refractivity contribution in [1.82, 2.24) is 28.7 Å². The highest BCUT2D eigenvalue weighted by atomic mass is 35.5. The molecule has 0 amide bonds. The average Bonchev–Trinajstić information content (AvgIpc) is 1.56. The molecule has 0 bridgehead atoms. The molecule has 8 aromatic rings. The van der Waals surface area contributed by atoms with Gasteiger partial charge in [-0.15, -0.1) is 10.2 Å². The number of benzene rings is 4. The number of aromatic nitrogens is 6. The van der Waals surface area contributed by atoms with Gasteiger partial charge in [0, 0.05) is 63.9 Å². The zero-order valence-corrected chi connectivity index (χ0v) is 70.4. The second kappa shape index (κ2) is 36.5. The topological polar surface area (TPSA) is 196 Å². The number of hydrogen-bond donors (Lipinski definition) is 2. The summed E-state index contributed by atoms with van der Waals surface area (Å²) in [7, 11) is 0. The maximum Gasteiger partial charge on any atom is 0.343 e. The molecule has 16 nitrogen and oxygen atoms in total. The van der Waals surface area contributed by atoms with Gasteiger partial charge in [-0.2, -0.15) is 0 Å². The number of H-pyrrole nitrogens is 2. The van der Waals surface area contributed by atoms with Gasteiger partial charge >= 0.3 is 23.3 Å². The van der Waals surface area contributed by atoms with Gasteiger partial charge in [0.1, 0.15) is 52.2 Å². The van der Waals surface area contributed by atoms with Gasteiger partial charge in [-0.1, -0.05) is 225 Å². The van der Waals surface area contributed by atoms with Gasteiger partial charge in [-0.3, -0.25) is 14.4 Å². The van der Waals surface area contributed by atoms with Crippen LogP contribution in [0.25, 0.3) is 33.5 Å². The normalized spacial score (nSPS) is 19.3. The van der Waals surface area contributed by atoms with E-state index in [2.05, 4.69) is 194 Å². The van der Waals surface area contributed by atoms with Crippen molar-refractivity contribution in [1.29, 1.82) is 0 Å². The van der Waals surface area contributed by atoms with Crippen LogP contribution in [-0.4, -0.2) is 65.1 Å². The third kappa shape index (κ3) is 21.7. The summed E-state index contributed by atoms with van der Waals surface area (Å²) < 4.78 is 28.5. The highest BCUT2D eigenvalue weighted by Crippen LogP contribution is 2.53. The number of fused-ring (bicyclic) bond motifs is 2. The Morgan fingerprint density at radius 1 is 0.537 bits per heavy atom. The van der Waals surface area contributed by atoms with E-state index >= 15 is 4.79 Å². The number of carbonyl (C=O) groups is 2. The molecule has 2 aliphatic carbocycles. The Balaban J connectivity index is 0.000000261. The summed E-state index contributed by atoms with van der Waals surface area (Å²) in [6, 6.07) is 26.5. The number of aromatic amines is 2. The van der Waals surface area contributed by atoms with Crippen LogP contribution >= 0.6 is 23.2 Å². The first-order chi connectivity index (χ1) is 50.0. The van der Waals surface area contributed by atoms with Crippen molar-refractivity contribution in [2.75, 3.05) is 0 Å². The molecule has 4 aromatic heterocycles. The molecule has 108 heavy (non-hydrogen) atoms. The molecule has 4 aromatic carbocycles. The van der Waals surface area contributed by atoms with Crippen molar-refractivity contribution in [2.24, 2.45) is 79.2 Å². The number of aryl methyl sites for hydroxylation is 3. The minimum atomic E-state index is -0.538. The molecule has 0 radical (unpaired) electrons. The van der Waals surface area contributed by atoms with Crippen LogP contribution in [0.2, 0.25) is 10.0 Å². The minimum absolute atomic E-state index is 0. The summed E-state index contributed by atoms with van der Waals surface area (Å²) in [5, 5.41) is 10.6. The molecule has 0 saturated heterocycles. The van der Waals surface area contributed by atoms with Gasteiger partial charge in [-0.25, -0.2) is 33.5 Å². The predicted octanol–water partition coefficient (Wildman–Crippen LogP) is 24.4. The molecular formula is C90H128Cl2N8O8. The van der Waals surface area contributed by atoms with Gasteiger partial charge in [0.05, 0.1) is 12.2 Å². The van der Waals surface area contributed by atoms with E-state index in [1.165, 1.54) is 19.9 Å². The van der Waals surface area contributed by atoms with Crippen molar-refractivity contribution in [3.8, 4) is 33.8 Å². The summed E-state index contributed by atoms with van der Waals surface area (Å²) in [4.78, 5) is 72.3. The first-order valence-electron chi connectivity index (χ1n) is 39.2. The molecule has 0 spiro atoms. The van der Waals surface area contributed by atoms with Crippen molar-refractivity contribution >= 4 is 57.9 Å². The van der Waals surface area contributed by atoms with Gasteiger partial charge in [0.2, 0.25) is 0 Å². The molecule has 2 N–H and O–H groups in total. The molecule has 590 valence electrons. The van der Waals surface area contributed by atoms with Crippen molar-refractivity contribution in [2.45, 2.75) is 269 Å². The van der Waals surface area contributed by atoms with Crippen LogP contribution < -0.4 is 20.9 Å². The predicted molar refractivity (Wildman–Crippen MR) is 445 cm³/mol. The Morgan fingerprint density at radius 3 is 1.37 bits per heavy atom. The first-order valence-corrected chi connectivity index (χ1v) is 40.0. The van der Waals surface area contributed by atoms with Crippen LogP contribution in [0.1, 0.15) is 260 Å². The van der Waals surface area contributed by atoms with Crippen LogP contribution in [0, 0.1) is 89.8 Å². The van der Waals surface area contributed by atoms with Crippen LogP contribution in [0.4, 0.5) is 11.5 Å². The molecule has 4 heterocycles. The number of nitrogens with zero attached hydrogens (tertiary/aromatic N) is 6. The number of hydrogen-bond acceptors (Lipinski definition) is 12. The van der Waals surface area contributed by atoms with Gasteiger partial charge in [0.25, 0.3) is 0 Å². The second-order valence-electron chi connectivity index (χ2n) is 35.9. The number of esters is 2. The van der Waals surface area contributed by atoms with Gasteiger partial charge in [0.15, 0.2) is 17.1 Å². The highest BCUT2D eigenvalue weighted by molar-refractivity contribution is 6.31. The molecule has 10 rings (SSSR count). The Labute approximate surface area is 655 Å². The fraction of sp³-hybridized carbons (Fsp3) is 0.578. The number of rotatable bonds is 20. The molecule has 18 heteroatoms. The maximum atomic E-state index is 15.1. The Hall–Kier alpha value is -7.56. The van der Waals surface area contributed by atoms with E-state index in [1.807, 2.05) is 49.4 Å². The fourth-order valence-electron chi connectivity index (χ4n) is 15.6. The van der Waals surface area contributed by atoms with Crippen LogP contribution in [0.3, 0.4) is 0 Å². The molecule has 0 aliphatic heterocycles. The lowest BCUT2D eigenvalue weighted by Gasteiger charge is -2.50. The van der Waals surface area contributed by atoms with E-state index in [0.717, 1.165) is 68.2 Å². The lowest BCUT2D eigenvalue weighted by atomic mass is 9.59. The fourth-order valence-corrected chi connectivity index (χ4v) is 15.8. The van der Waals surface area contributed by atoms with E-state index in [1.54, 1.807) is 30.5 Å². The van der Waals surface area contributed by atoms with Crippen LogP contribution in [0.5, 0.6) is 11.5 Å². The first kappa shape index (κ1) is 87.7. The molecule has 4 atom stereocenters. The summed E-state index contributed by atoms with van der Waals surface area (Å²) in [5.41, 5.74) is 6.34. The summed E-state index contributed by atoms with van der Waals surface area (Å²) in [5.74, 6) is 4.04. The van der Waals surface area contributed by atoms with E-state index in [-0.39, 0.29) is 99.7 Å². The van der Waals surface area contributed by atoms with E-state index in [4.69, 9.17) is 62.3 Å². The Kier molecular flexibility index (Phi) is 29.6. The third-order valence-electron chi connectivity index (χ3n) is 21.7. The zero-order valence-electron chi connectivity index (χ0n) is 68.9. The number of azo groups is 1. The Morgan fingerprint density at radius 2 is 0.935 bits per heavy atom. The Bertz CT molecular complexity index is 4440. The van der Waals surface area contributed by atoms with Crippen LogP contribution in [-0.2, 0) is 22.3 Å². The minimum Gasteiger partial charge on any atom is -0.490 e. The zero-order chi connectivity index (χ0) is 79.1. The number of nitrogens with one attached hydrogen (secondary N) is 2. The summed E-state index contributed by atoms with van der Waals surface area (Å²) in [6.45, 7) is 54.4. The number of ether oxygens (including phenoxy) is 4. The third-order valence-corrected chi connectivity index (χ3v) is 22.2. The number of halogens is 2. The van der Waals surface area contributed by atoms with E-state index in [9.17, 15) is 14.4 Å². The lowest BCUT2D eigenvalue weighted by Crippen LogP contribution is -2.49. The lowest BCUT2D eigenvalue weighted by molar-refractivity contribution is -0.0927. The molecule has 2 saturated carbocycles. The monoisotopic (exact) mass is 1520 g/mol. The van der Waals surface area contributed by atoms with Crippen molar-refractivity contribution in [3.05, 3.63) is 162 Å². The average molecular weight is 1520 g/mol. The molecule has 2 fully saturated rings. The molecule has 2 aliphatic rings. The summed E-state index contributed by atoms with van der Waals surface area (Å²) in [6.07, 6.45) is 10.3. The van der Waals surface area contributed by atoms with Crippen LogP contribution in [0.15, 0.2) is 111 Å². The van der Waals surface area contributed by atoms with E-state index < -0.39 is 17.6 Å². The highest BCUT2D eigenvalue weighted by Gasteiger charge is 2.50. The van der Waals surface area contributed by atoms with Crippen molar-refractivity contribution < 1.29 is 28.5 Å². The van der Waals surface area contributed by atoms with Crippen molar-refractivity contribution in [3.63, 3.8) is 0 Å². The summed E-state index contributed by atoms with van der Waals surface area (Å²) >= 11 is 12.6. The largest absolute Gasteiger partial charge is 0.490 e. The SMILES string of the molecule is C.CC(C)Cc1nc2c(C(=O)OC3C(C(C)(C)C)CC(C)CC3C(C)(C)C)c(-c3ccc(Cl)cc3)cn2c(=O)[nH]1.CCC(CC)Oc1cc(C)ccc1C.CCC(CC)Oc1cc(C)ccc1N=Nc1c(-c2ccc(Cl)cc2)c(C(=O)OC2C(C(C)(C)C)CC(C)CC2C(C)(C)C)c2nc(CC(C)C)[nH]c(=O)n12. The second-order valence-corrected chi connectivity index (χ2v) is 36.7. The van der Waals surface area contributed by atoms with Gasteiger partial charge < -0.3 is 18.9 Å². The standard InChI is InChI=1S/C44H60ClN5O4.C32H44ClN3O3.C13H20O.CH4/c1-13-30(14-2)53-34-24-26(5)15-20-33(34)48-49-40-36(28-16-18-29(45)19-17-28)37(39-46-35(21-25(3)4)47-42(52)50(39)40)41(51)54-38-31(43(7,8)9)22-27(6)23-32(38)44(10,11)12;1-18(2)14-25-34-28-26(22(17-36(28)30(38)35-25)20-10-12-21(33)13-11-20)29(37)39-27-23(31(4,5)6)15-19(3)16-24(27)32(7,8)9;1-5-12(6-2)14-13-9-10(3)7-8-11(13)4;/h15-20,24-25,27,30-32,38H,13-14,21-23H2,1-12H3,(H,46,47,52);10-13,17-19,23-24,27H,14-16H2,1-9H3,(H,34,35,38);7-9,12H,5-6H2,1-4H3;1H4. The number of carbonyl (C=O) groups excluding carboxylic acids is 2. The smallest absolute Gasteiger partial charge is 0.343 e. The quantitative estimate of drug-likeness (QED) is 0.0547. The molecular weight excluding hydrogens is 1390 g/mol. The van der Waals surface area contributed by atoms with Gasteiger partial charge in [-0.05, 0) is 188 Å². The van der Waals surface area contributed by atoms with E-state index in [0.29, 0.717) is 97.7 Å². The molecule has 4 unspecified atom stereocenters. The maximum absolute atomic E-state index is 15.1.